The van der Waals surface area contributed by atoms with Gasteiger partial charge in [0.25, 0.3) is 0 Å². The number of ether oxygens (including phenoxy) is 4. The lowest BCUT2D eigenvalue weighted by Gasteiger charge is -2.15. The Labute approximate surface area is 158 Å². The number of rotatable bonds is 10. The van der Waals surface area contributed by atoms with Gasteiger partial charge >= 0.3 is 6.61 Å². The Kier molecular flexibility index (Phi) is 8.38. The number of aliphatic imine (C=N–C) groups is 1. The molecule has 0 aliphatic carbocycles. The molecule has 7 nitrogen and oxygen atoms in total. The van der Waals surface area contributed by atoms with Crippen molar-refractivity contribution >= 4 is 5.96 Å². The standard InChI is InChI=1S/C18H27F2N3O4/c1-12(2)4-6-24-7-5-22-18(21-3)23-10-13-8-15-16(26-11-25-15)9-14(13)27-17(19)20/h8-9,12,17H,4-7,10-11H2,1-3H3,(H2,21,22,23). The molecular weight excluding hydrogens is 360 g/mol. The number of fused-ring (bicyclic) bond motifs is 1. The molecule has 1 aromatic rings. The minimum Gasteiger partial charge on any atom is -0.454 e. The normalized spacial score (nSPS) is 13.4. The average Bonchev–Trinajstić information content (AvgIpc) is 3.06. The third-order valence-corrected chi connectivity index (χ3v) is 3.82. The highest BCUT2D eigenvalue weighted by Gasteiger charge is 2.20. The van der Waals surface area contributed by atoms with Crippen molar-refractivity contribution < 1.29 is 27.7 Å². The number of alkyl halides is 2. The molecule has 1 aliphatic rings. The molecule has 2 rings (SSSR count). The molecule has 0 bridgehead atoms. The van der Waals surface area contributed by atoms with E-state index in [-0.39, 0.29) is 19.1 Å². The van der Waals surface area contributed by atoms with Crippen molar-refractivity contribution in [2.75, 3.05) is 33.6 Å². The molecular formula is C18H27F2N3O4. The lowest BCUT2D eigenvalue weighted by molar-refractivity contribution is -0.0505. The molecule has 27 heavy (non-hydrogen) atoms. The number of halogens is 2. The molecule has 1 aromatic carbocycles. The number of hydrogen-bond donors (Lipinski definition) is 2. The molecule has 0 amide bonds. The number of nitrogens with one attached hydrogen (secondary N) is 2. The predicted molar refractivity (Wildman–Crippen MR) is 97.7 cm³/mol. The van der Waals surface area contributed by atoms with E-state index in [9.17, 15) is 8.78 Å². The maximum absolute atomic E-state index is 12.7. The van der Waals surface area contributed by atoms with Crippen molar-refractivity contribution in [2.45, 2.75) is 33.4 Å². The molecule has 0 radical (unpaired) electrons. The Morgan fingerprint density at radius 2 is 1.93 bits per heavy atom. The van der Waals surface area contributed by atoms with Crippen LogP contribution < -0.4 is 24.8 Å². The Balaban J connectivity index is 1.84. The zero-order valence-corrected chi connectivity index (χ0v) is 15.9. The van der Waals surface area contributed by atoms with E-state index in [1.54, 1.807) is 13.1 Å². The maximum atomic E-state index is 12.7. The van der Waals surface area contributed by atoms with E-state index in [0.29, 0.717) is 42.1 Å². The minimum absolute atomic E-state index is 0.0363. The van der Waals surface area contributed by atoms with Crippen LogP contribution >= 0.6 is 0 Å². The van der Waals surface area contributed by atoms with Crippen molar-refractivity contribution in [1.29, 1.82) is 0 Å². The van der Waals surface area contributed by atoms with Crippen LogP contribution in [0.1, 0.15) is 25.8 Å². The monoisotopic (exact) mass is 387 g/mol. The SMILES string of the molecule is CN=C(NCCOCCC(C)C)NCc1cc2c(cc1OC(F)F)OCO2. The summed E-state index contributed by atoms with van der Waals surface area (Å²) in [5, 5.41) is 6.17. The Morgan fingerprint density at radius 1 is 1.19 bits per heavy atom. The highest BCUT2D eigenvalue weighted by molar-refractivity contribution is 5.79. The van der Waals surface area contributed by atoms with E-state index >= 15 is 0 Å². The second kappa shape index (κ2) is 10.8. The molecule has 1 aliphatic heterocycles. The zero-order chi connectivity index (χ0) is 19.6. The molecule has 0 spiro atoms. The van der Waals surface area contributed by atoms with Crippen LogP contribution in [0.15, 0.2) is 17.1 Å². The van der Waals surface area contributed by atoms with Crippen LogP contribution in [0.5, 0.6) is 17.2 Å². The molecule has 152 valence electrons. The van der Waals surface area contributed by atoms with Gasteiger partial charge in [-0.1, -0.05) is 13.8 Å². The van der Waals surface area contributed by atoms with E-state index in [4.69, 9.17) is 14.2 Å². The molecule has 2 N–H and O–H groups in total. The van der Waals surface area contributed by atoms with Crippen molar-refractivity contribution in [3.8, 4) is 17.2 Å². The summed E-state index contributed by atoms with van der Waals surface area (Å²) in [6, 6.07) is 3.03. The third-order valence-electron chi connectivity index (χ3n) is 3.82. The predicted octanol–water partition coefficient (Wildman–Crippen LogP) is 2.74. The van der Waals surface area contributed by atoms with Gasteiger partial charge in [-0.2, -0.15) is 8.78 Å². The van der Waals surface area contributed by atoms with Crippen LogP contribution in [0, 0.1) is 5.92 Å². The smallest absolute Gasteiger partial charge is 0.387 e. The molecule has 0 fully saturated rings. The lowest BCUT2D eigenvalue weighted by atomic mass is 10.1. The fraction of sp³-hybridized carbons (Fsp3) is 0.611. The highest BCUT2D eigenvalue weighted by atomic mass is 19.3. The molecule has 1 heterocycles. The van der Waals surface area contributed by atoms with Gasteiger partial charge in [-0.05, 0) is 18.4 Å². The van der Waals surface area contributed by atoms with E-state index in [2.05, 4.69) is 34.2 Å². The number of benzene rings is 1. The Morgan fingerprint density at radius 3 is 2.59 bits per heavy atom. The van der Waals surface area contributed by atoms with Gasteiger partial charge in [0.1, 0.15) is 5.75 Å². The van der Waals surface area contributed by atoms with Crippen molar-refractivity contribution in [3.63, 3.8) is 0 Å². The summed E-state index contributed by atoms with van der Waals surface area (Å²) in [4.78, 5) is 4.11. The summed E-state index contributed by atoms with van der Waals surface area (Å²) in [5.74, 6) is 2.06. The van der Waals surface area contributed by atoms with Gasteiger partial charge in [-0.15, -0.1) is 0 Å². The van der Waals surface area contributed by atoms with Gasteiger partial charge in [0.15, 0.2) is 17.5 Å². The molecule has 9 heteroatoms. The van der Waals surface area contributed by atoms with E-state index in [0.717, 1.165) is 13.0 Å². The quantitative estimate of drug-likeness (QED) is 0.365. The van der Waals surface area contributed by atoms with Crippen molar-refractivity contribution in [2.24, 2.45) is 10.9 Å². The van der Waals surface area contributed by atoms with Crippen LogP contribution in [0.2, 0.25) is 0 Å². The maximum Gasteiger partial charge on any atom is 0.387 e. The fourth-order valence-electron chi connectivity index (χ4n) is 2.37. The summed E-state index contributed by atoms with van der Waals surface area (Å²) in [7, 11) is 1.63. The molecule has 0 atom stereocenters. The first-order valence-electron chi connectivity index (χ1n) is 8.89. The molecule has 0 saturated carbocycles. The van der Waals surface area contributed by atoms with E-state index < -0.39 is 6.61 Å². The second-order valence-corrected chi connectivity index (χ2v) is 6.34. The summed E-state index contributed by atoms with van der Waals surface area (Å²) >= 11 is 0. The molecule has 0 aromatic heterocycles. The summed E-state index contributed by atoms with van der Waals surface area (Å²) in [6.07, 6.45) is 1.02. The van der Waals surface area contributed by atoms with Crippen LogP contribution in [-0.2, 0) is 11.3 Å². The molecule has 0 saturated heterocycles. The van der Waals surface area contributed by atoms with Gasteiger partial charge in [-0.25, -0.2) is 0 Å². The van der Waals surface area contributed by atoms with Crippen LogP contribution in [0.25, 0.3) is 0 Å². The second-order valence-electron chi connectivity index (χ2n) is 6.34. The first-order chi connectivity index (χ1) is 13.0. The number of guanidine groups is 1. The zero-order valence-electron chi connectivity index (χ0n) is 15.9. The van der Waals surface area contributed by atoms with Gasteiger partial charge in [0.05, 0.1) is 6.61 Å². The Bertz CT molecular complexity index is 627. The Hall–Kier alpha value is -2.29. The van der Waals surface area contributed by atoms with Crippen molar-refractivity contribution in [3.05, 3.63) is 17.7 Å². The fourth-order valence-corrected chi connectivity index (χ4v) is 2.37. The summed E-state index contributed by atoms with van der Waals surface area (Å²) in [5.41, 5.74) is 0.510. The summed E-state index contributed by atoms with van der Waals surface area (Å²) in [6.45, 7) is 3.51. The lowest BCUT2D eigenvalue weighted by Crippen LogP contribution is -2.38. The third kappa shape index (κ3) is 7.09. The topological polar surface area (TPSA) is 73.3 Å². The van der Waals surface area contributed by atoms with Crippen LogP contribution in [-0.4, -0.2) is 46.2 Å². The van der Waals surface area contributed by atoms with E-state index in [1.807, 2.05) is 0 Å². The van der Waals surface area contributed by atoms with Gasteiger partial charge < -0.3 is 29.6 Å². The van der Waals surface area contributed by atoms with Gasteiger partial charge in [-0.3, -0.25) is 4.99 Å². The first-order valence-corrected chi connectivity index (χ1v) is 8.89. The highest BCUT2D eigenvalue weighted by Crippen LogP contribution is 2.38. The largest absolute Gasteiger partial charge is 0.454 e. The average molecular weight is 387 g/mol. The van der Waals surface area contributed by atoms with Crippen molar-refractivity contribution in [1.82, 2.24) is 10.6 Å². The number of nitrogens with zero attached hydrogens (tertiary/aromatic N) is 1. The number of hydrogen-bond acceptors (Lipinski definition) is 5. The molecule has 0 unspecified atom stereocenters. The van der Waals surface area contributed by atoms with Crippen LogP contribution in [0.3, 0.4) is 0 Å². The van der Waals surface area contributed by atoms with Gasteiger partial charge in [0, 0.05) is 38.4 Å². The minimum atomic E-state index is -2.93. The van der Waals surface area contributed by atoms with Crippen LogP contribution in [0.4, 0.5) is 8.78 Å². The van der Waals surface area contributed by atoms with E-state index in [1.165, 1.54) is 6.07 Å². The van der Waals surface area contributed by atoms with Gasteiger partial charge in [0.2, 0.25) is 6.79 Å². The first kappa shape index (κ1) is 21.0. The summed E-state index contributed by atoms with van der Waals surface area (Å²) < 4.78 is 46.0.